The highest BCUT2D eigenvalue weighted by Crippen LogP contribution is 1.78. The summed E-state index contributed by atoms with van der Waals surface area (Å²) in [4.78, 5) is 3.44. The third kappa shape index (κ3) is 3.50. The van der Waals surface area contributed by atoms with Crippen LogP contribution in [0.2, 0.25) is 0 Å². The molecule has 2 nitrogen and oxygen atoms in total. The normalized spacial score (nSPS) is 6.80. The van der Waals surface area contributed by atoms with Crippen LogP contribution in [0, 0.1) is 6.92 Å². The average Bonchev–Trinajstić information content (AvgIpc) is 1.38. The second-order valence-corrected chi connectivity index (χ2v) is 0.630. The van der Waals surface area contributed by atoms with Gasteiger partial charge in [-0.05, 0) is 0 Å². The van der Waals surface area contributed by atoms with Gasteiger partial charge >= 0.3 is 0 Å². The quantitative estimate of drug-likeness (QED) is 0.283. The fourth-order valence-corrected chi connectivity index (χ4v) is 0. The number of hydrogen-bond donors (Lipinski definition) is 1. The van der Waals surface area contributed by atoms with Gasteiger partial charge < -0.3 is 4.89 Å². The summed E-state index contributed by atoms with van der Waals surface area (Å²) in [7, 11) is 0. The molecule has 0 atom stereocenters. The van der Waals surface area contributed by atoms with Gasteiger partial charge in [-0.1, -0.05) is 6.58 Å². The molecule has 0 aromatic rings. The molecule has 0 saturated carbocycles. The zero-order valence-corrected chi connectivity index (χ0v) is 2.77. The topological polar surface area (TPSA) is 29.5 Å². The van der Waals surface area contributed by atoms with Crippen LogP contribution in [0.4, 0.5) is 0 Å². The van der Waals surface area contributed by atoms with Crippen LogP contribution in [0.5, 0.6) is 0 Å². The Kier molecular flexibility index (Phi) is 1.61. The molecule has 0 spiro atoms. The lowest BCUT2D eigenvalue weighted by Crippen LogP contribution is -1.72. The minimum absolute atomic E-state index is 0.0602. The average molecular weight is 73.1 g/mol. The maximum absolute atomic E-state index is 7.48. The van der Waals surface area contributed by atoms with Gasteiger partial charge in [0.15, 0.2) is 0 Å². The maximum atomic E-state index is 7.48. The van der Waals surface area contributed by atoms with E-state index in [4.69, 9.17) is 5.26 Å². The molecule has 5 heavy (non-hydrogen) atoms. The molecule has 0 fully saturated rings. The van der Waals surface area contributed by atoms with Crippen LogP contribution in [0.3, 0.4) is 0 Å². The Labute approximate surface area is 30.6 Å². The van der Waals surface area contributed by atoms with E-state index in [1.54, 1.807) is 0 Å². The van der Waals surface area contributed by atoms with Gasteiger partial charge in [-0.3, -0.25) is 0 Å². The molecule has 0 aliphatic rings. The van der Waals surface area contributed by atoms with Gasteiger partial charge in [0.05, 0.1) is 0 Å². The number of rotatable bonds is 1. The predicted octanol–water partition coefficient (Wildman–Crippen LogP) is 0.824. The van der Waals surface area contributed by atoms with Crippen LogP contribution in [0.15, 0.2) is 12.3 Å². The molecule has 0 aliphatic heterocycles. The van der Waals surface area contributed by atoms with Crippen LogP contribution in [0.1, 0.15) is 0 Å². The van der Waals surface area contributed by atoms with Crippen molar-refractivity contribution in [1.29, 1.82) is 0 Å². The molecule has 0 heterocycles. The Balaban J connectivity index is 2.85. The molecule has 2 heteroatoms. The molecule has 0 saturated heterocycles. The fourth-order valence-electron chi connectivity index (χ4n) is 0. The van der Waals surface area contributed by atoms with Crippen molar-refractivity contribution < 1.29 is 10.1 Å². The molecule has 0 aromatic heterocycles. The van der Waals surface area contributed by atoms with E-state index >= 15 is 0 Å². The first-order chi connectivity index (χ1) is 2.27. The monoisotopic (exact) mass is 73.0 g/mol. The molecule has 1 N–H and O–H groups in total. The zero-order chi connectivity index (χ0) is 4.28. The maximum Gasteiger partial charge on any atom is 0.135 e. The van der Waals surface area contributed by atoms with Gasteiger partial charge in [-0.2, -0.15) is 0 Å². The molecule has 0 aliphatic carbocycles. The predicted molar refractivity (Wildman–Crippen MR) is 18.2 cm³/mol. The zero-order valence-electron chi connectivity index (χ0n) is 2.77. The Morgan fingerprint density at radius 2 is 2.00 bits per heavy atom. The molecule has 0 aromatic carbocycles. The van der Waals surface area contributed by atoms with Crippen molar-refractivity contribution in [2.75, 3.05) is 0 Å². The van der Waals surface area contributed by atoms with Crippen LogP contribution >= 0.6 is 0 Å². The van der Waals surface area contributed by atoms with Crippen molar-refractivity contribution in [3.05, 3.63) is 19.3 Å². The van der Waals surface area contributed by atoms with Gasteiger partial charge in [-0.25, -0.2) is 5.26 Å². The van der Waals surface area contributed by atoms with Crippen molar-refractivity contribution in [2.24, 2.45) is 0 Å². The Bertz CT molecular complexity index is 40.2. The summed E-state index contributed by atoms with van der Waals surface area (Å²) in [6, 6.07) is 0. The standard InChI is InChI=1S/C3H5O2/c1-3(2)5-4/h4H,1-2H2. The van der Waals surface area contributed by atoms with E-state index in [1.807, 2.05) is 0 Å². The molecular formula is C3H5O2. The minimum atomic E-state index is 0.0602. The van der Waals surface area contributed by atoms with E-state index in [0.717, 1.165) is 0 Å². The molecule has 0 bridgehead atoms. The molecule has 0 unspecified atom stereocenters. The van der Waals surface area contributed by atoms with Crippen molar-refractivity contribution in [1.82, 2.24) is 0 Å². The van der Waals surface area contributed by atoms with E-state index in [9.17, 15) is 0 Å². The van der Waals surface area contributed by atoms with E-state index < -0.39 is 0 Å². The van der Waals surface area contributed by atoms with Crippen LogP contribution < -0.4 is 0 Å². The summed E-state index contributed by atoms with van der Waals surface area (Å²) in [5.41, 5.74) is 0. The van der Waals surface area contributed by atoms with Crippen LogP contribution in [-0.2, 0) is 4.89 Å². The first-order valence-corrected chi connectivity index (χ1v) is 1.09. The first-order valence-electron chi connectivity index (χ1n) is 1.09. The van der Waals surface area contributed by atoms with Crippen LogP contribution in [-0.4, -0.2) is 5.26 Å². The second kappa shape index (κ2) is 1.79. The van der Waals surface area contributed by atoms with E-state index in [1.165, 1.54) is 0 Å². The molecule has 1 radical (unpaired) electrons. The molecule has 0 amide bonds. The lowest BCUT2D eigenvalue weighted by atomic mass is 10.7. The summed E-state index contributed by atoms with van der Waals surface area (Å²) in [6.45, 7) is 6.18. The summed E-state index contributed by atoms with van der Waals surface area (Å²) in [5, 5.41) is 7.48. The van der Waals surface area contributed by atoms with Crippen molar-refractivity contribution in [3.63, 3.8) is 0 Å². The third-order valence-electron chi connectivity index (χ3n) is 0.129. The summed E-state index contributed by atoms with van der Waals surface area (Å²) in [6.07, 6.45) is 0. The van der Waals surface area contributed by atoms with Gasteiger partial charge in [0.1, 0.15) is 5.76 Å². The van der Waals surface area contributed by atoms with Crippen molar-refractivity contribution in [3.8, 4) is 0 Å². The molecular weight excluding hydrogens is 68.0 g/mol. The Morgan fingerprint density at radius 3 is 2.00 bits per heavy atom. The Hall–Kier alpha value is -0.500. The summed E-state index contributed by atoms with van der Waals surface area (Å²) in [5.74, 6) is 0.0602. The van der Waals surface area contributed by atoms with Crippen molar-refractivity contribution in [2.45, 2.75) is 0 Å². The minimum Gasteiger partial charge on any atom is -0.345 e. The second-order valence-electron chi connectivity index (χ2n) is 0.630. The summed E-state index contributed by atoms with van der Waals surface area (Å²) < 4.78 is 0. The largest absolute Gasteiger partial charge is 0.345 e. The van der Waals surface area contributed by atoms with Gasteiger partial charge in [0.25, 0.3) is 0 Å². The lowest BCUT2D eigenvalue weighted by molar-refractivity contribution is -0.198. The van der Waals surface area contributed by atoms with E-state index in [-0.39, 0.29) is 5.76 Å². The number of allylic oxidation sites excluding steroid dienone is 1. The van der Waals surface area contributed by atoms with Crippen molar-refractivity contribution >= 4 is 0 Å². The molecule has 0 rings (SSSR count). The highest BCUT2D eigenvalue weighted by atomic mass is 17.1. The number of hydrogen-bond acceptors (Lipinski definition) is 2. The van der Waals surface area contributed by atoms with E-state index in [0.29, 0.717) is 0 Å². The smallest absolute Gasteiger partial charge is 0.135 e. The molecule has 29 valence electrons. The SMILES string of the molecule is [CH2]C(=C)OO. The van der Waals surface area contributed by atoms with E-state index in [2.05, 4.69) is 18.4 Å². The van der Waals surface area contributed by atoms with Crippen LogP contribution in [0.25, 0.3) is 0 Å². The van der Waals surface area contributed by atoms with Gasteiger partial charge in [0.2, 0.25) is 0 Å². The van der Waals surface area contributed by atoms with Gasteiger partial charge in [0, 0.05) is 6.92 Å². The highest BCUT2D eigenvalue weighted by Gasteiger charge is 1.69. The van der Waals surface area contributed by atoms with Gasteiger partial charge in [-0.15, -0.1) is 0 Å². The highest BCUT2D eigenvalue weighted by molar-refractivity contribution is 4.82. The fraction of sp³-hybridized carbons (Fsp3) is 0. The third-order valence-corrected chi connectivity index (χ3v) is 0.129. The first kappa shape index (κ1) is 4.50. The summed E-state index contributed by atoms with van der Waals surface area (Å²) >= 11 is 0. The Morgan fingerprint density at radius 1 is 1.80 bits per heavy atom. The lowest BCUT2D eigenvalue weighted by Gasteiger charge is -1.83.